The molecule has 0 aliphatic carbocycles. The Labute approximate surface area is 136 Å². The SMILES string of the molecule is CCc1ccc([C@@H](C)NC(=S)Nc2ccc(Cl)cc2)cc1. The van der Waals surface area contributed by atoms with Crippen molar-refractivity contribution in [3.63, 3.8) is 0 Å². The van der Waals surface area contributed by atoms with Gasteiger partial charge in [0, 0.05) is 10.7 Å². The van der Waals surface area contributed by atoms with Crippen LogP contribution >= 0.6 is 23.8 Å². The van der Waals surface area contributed by atoms with Crippen LogP contribution in [-0.4, -0.2) is 5.11 Å². The molecule has 0 aliphatic heterocycles. The Kier molecular flexibility index (Phi) is 5.59. The van der Waals surface area contributed by atoms with Gasteiger partial charge in [0.15, 0.2) is 5.11 Å². The molecular weight excluding hydrogens is 300 g/mol. The Morgan fingerprint density at radius 3 is 2.29 bits per heavy atom. The van der Waals surface area contributed by atoms with Gasteiger partial charge < -0.3 is 10.6 Å². The highest BCUT2D eigenvalue weighted by Crippen LogP contribution is 2.16. The van der Waals surface area contributed by atoms with Gasteiger partial charge in [-0.1, -0.05) is 42.8 Å². The highest BCUT2D eigenvalue weighted by molar-refractivity contribution is 7.80. The first kappa shape index (κ1) is 15.8. The second kappa shape index (κ2) is 7.43. The van der Waals surface area contributed by atoms with Crippen LogP contribution in [0.3, 0.4) is 0 Å². The summed E-state index contributed by atoms with van der Waals surface area (Å²) >= 11 is 11.2. The van der Waals surface area contributed by atoms with E-state index in [1.807, 2.05) is 24.3 Å². The van der Waals surface area contributed by atoms with E-state index in [4.69, 9.17) is 23.8 Å². The lowest BCUT2D eigenvalue weighted by atomic mass is 10.1. The van der Waals surface area contributed by atoms with E-state index in [-0.39, 0.29) is 6.04 Å². The van der Waals surface area contributed by atoms with Gasteiger partial charge >= 0.3 is 0 Å². The van der Waals surface area contributed by atoms with Crippen molar-refractivity contribution in [2.75, 3.05) is 5.32 Å². The molecule has 0 spiro atoms. The van der Waals surface area contributed by atoms with Crippen molar-refractivity contribution in [2.45, 2.75) is 26.3 Å². The summed E-state index contributed by atoms with van der Waals surface area (Å²) in [5, 5.41) is 7.75. The Bertz CT molecular complexity index is 593. The van der Waals surface area contributed by atoms with Crippen LogP contribution in [0.1, 0.15) is 31.0 Å². The molecule has 2 aromatic rings. The van der Waals surface area contributed by atoms with Gasteiger partial charge in [-0.3, -0.25) is 0 Å². The molecule has 1 atom stereocenters. The fourth-order valence-electron chi connectivity index (χ4n) is 2.02. The average Bonchev–Trinajstić information content (AvgIpc) is 2.49. The molecule has 0 saturated heterocycles. The molecule has 0 radical (unpaired) electrons. The second-order valence-electron chi connectivity index (χ2n) is 4.92. The van der Waals surface area contributed by atoms with Crippen molar-refractivity contribution in [1.29, 1.82) is 0 Å². The molecule has 0 amide bonds. The van der Waals surface area contributed by atoms with Crippen LogP contribution in [0.15, 0.2) is 48.5 Å². The molecule has 0 saturated carbocycles. The van der Waals surface area contributed by atoms with Crippen LogP contribution < -0.4 is 10.6 Å². The van der Waals surface area contributed by atoms with E-state index < -0.39 is 0 Å². The third-order valence-corrected chi connectivity index (χ3v) is 3.81. The average molecular weight is 319 g/mol. The van der Waals surface area contributed by atoms with E-state index in [0.29, 0.717) is 10.1 Å². The lowest BCUT2D eigenvalue weighted by molar-refractivity contribution is 0.722. The molecule has 0 fully saturated rings. The predicted molar refractivity (Wildman–Crippen MR) is 95.0 cm³/mol. The molecule has 0 unspecified atom stereocenters. The molecule has 110 valence electrons. The van der Waals surface area contributed by atoms with Crippen molar-refractivity contribution in [3.05, 3.63) is 64.7 Å². The maximum Gasteiger partial charge on any atom is 0.171 e. The molecule has 2 rings (SSSR count). The van der Waals surface area contributed by atoms with Crippen molar-refractivity contribution in [3.8, 4) is 0 Å². The summed E-state index contributed by atoms with van der Waals surface area (Å²) in [6.07, 6.45) is 1.05. The Balaban J connectivity index is 1.93. The lowest BCUT2D eigenvalue weighted by Gasteiger charge is -2.17. The van der Waals surface area contributed by atoms with Gasteiger partial charge in [0.05, 0.1) is 6.04 Å². The van der Waals surface area contributed by atoms with E-state index in [1.54, 1.807) is 0 Å². The number of anilines is 1. The van der Waals surface area contributed by atoms with Gasteiger partial charge in [-0.25, -0.2) is 0 Å². The molecule has 4 heteroatoms. The maximum absolute atomic E-state index is 5.86. The van der Waals surface area contributed by atoms with E-state index in [2.05, 4.69) is 48.7 Å². The van der Waals surface area contributed by atoms with E-state index >= 15 is 0 Å². The van der Waals surface area contributed by atoms with Gasteiger partial charge in [-0.05, 0) is 61.0 Å². The Morgan fingerprint density at radius 2 is 1.71 bits per heavy atom. The zero-order valence-electron chi connectivity index (χ0n) is 12.2. The standard InChI is InChI=1S/C17H19ClN2S/c1-3-13-4-6-14(7-5-13)12(2)19-17(21)20-16-10-8-15(18)9-11-16/h4-12H,3H2,1-2H3,(H2,19,20,21)/t12-/m1/s1. The quantitative estimate of drug-likeness (QED) is 0.780. The Hall–Kier alpha value is -1.58. The molecule has 2 aromatic carbocycles. The molecular formula is C17H19ClN2S. The first-order chi connectivity index (χ1) is 10.1. The first-order valence-electron chi connectivity index (χ1n) is 7.00. The van der Waals surface area contributed by atoms with Crippen LogP contribution in [0.2, 0.25) is 5.02 Å². The number of hydrogen-bond donors (Lipinski definition) is 2. The maximum atomic E-state index is 5.86. The van der Waals surface area contributed by atoms with E-state index in [1.165, 1.54) is 11.1 Å². The summed E-state index contributed by atoms with van der Waals surface area (Å²) in [7, 11) is 0. The number of aryl methyl sites for hydroxylation is 1. The van der Waals surface area contributed by atoms with Gasteiger partial charge in [0.1, 0.15) is 0 Å². The van der Waals surface area contributed by atoms with E-state index in [0.717, 1.165) is 12.1 Å². The minimum atomic E-state index is 0.156. The summed E-state index contributed by atoms with van der Waals surface area (Å²) in [5.41, 5.74) is 3.48. The lowest BCUT2D eigenvalue weighted by Crippen LogP contribution is -2.30. The van der Waals surface area contributed by atoms with Crippen molar-refractivity contribution in [2.24, 2.45) is 0 Å². The van der Waals surface area contributed by atoms with Gasteiger partial charge in [0.2, 0.25) is 0 Å². The first-order valence-corrected chi connectivity index (χ1v) is 7.79. The highest BCUT2D eigenvalue weighted by atomic mass is 35.5. The minimum Gasteiger partial charge on any atom is -0.356 e. The fraction of sp³-hybridized carbons (Fsp3) is 0.235. The zero-order valence-corrected chi connectivity index (χ0v) is 13.8. The normalized spacial score (nSPS) is 11.8. The van der Waals surface area contributed by atoms with Gasteiger partial charge in [-0.2, -0.15) is 0 Å². The van der Waals surface area contributed by atoms with Gasteiger partial charge in [0.25, 0.3) is 0 Å². The fourth-order valence-corrected chi connectivity index (χ4v) is 2.44. The van der Waals surface area contributed by atoms with Crippen LogP contribution in [0.5, 0.6) is 0 Å². The highest BCUT2D eigenvalue weighted by Gasteiger charge is 2.07. The smallest absolute Gasteiger partial charge is 0.171 e. The summed E-state index contributed by atoms with van der Waals surface area (Å²) < 4.78 is 0. The summed E-state index contributed by atoms with van der Waals surface area (Å²) in [6, 6.07) is 16.2. The molecule has 0 aliphatic rings. The molecule has 0 aromatic heterocycles. The predicted octanol–water partition coefficient (Wildman–Crippen LogP) is 4.95. The third-order valence-electron chi connectivity index (χ3n) is 3.34. The number of halogens is 1. The number of nitrogens with one attached hydrogen (secondary N) is 2. The molecule has 2 N–H and O–H groups in total. The number of thiocarbonyl (C=S) groups is 1. The number of hydrogen-bond acceptors (Lipinski definition) is 1. The van der Waals surface area contributed by atoms with Gasteiger partial charge in [-0.15, -0.1) is 0 Å². The van der Waals surface area contributed by atoms with Crippen molar-refractivity contribution in [1.82, 2.24) is 5.32 Å². The second-order valence-corrected chi connectivity index (χ2v) is 5.77. The van der Waals surface area contributed by atoms with Crippen LogP contribution in [0, 0.1) is 0 Å². The zero-order chi connectivity index (χ0) is 15.2. The number of benzene rings is 2. The minimum absolute atomic E-state index is 0.156. The topological polar surface area (TPSA) is 24.1 Å². The molecule has 0 heterocycles. The third kappa shape index (κ3) is 4.73. The van der Waals surface area contributed by atoms with Crippen molar-refractivity contribution < 1.29 is 0 Å². The van der Waals surface area contributed by atoms with Crippen LogP contribution in [0.4, 0.5) is 5.69 Å². The summed E-state index contributed by atoms with van der Waals surface area (Å²) in [4.78, 5) is 0. The Morgan fingerprint density at radius 1 is 1.10 bits per heavy atom. The largest absolute Gasteiger partial charge is 0.356 e. The van der Waals surface area contributed by atoms with Crippen LogP contribution in [0.25, 0.3) is 0 Å². The van der Waals surface area contributed by atoms with E-state index in [9.17, 15) is 0 Å². The summed E-state index contributed by atoms with van der Waals surface area (Å²) in [5.74, 6) is 0. The summed E-state index contributed by atoms with van der Waals surface area (Å²) in [6.45, 7) is 4.25. The molecule has 21 heavy (non-hydrogen) atoms. The molecule has 2 nitrogen and oxygen atoms in total. The van der Waals surface area contributed by atoms with Crippen molar-refractivity contribution >= 4 is 34.6 Å². The number of rotatable bonds is 4. The van der Waals surface area contributed by atoms with Crippen LogP contribution in [-0.2, 0) is 6.42 Å². The monoisotopic (exact) mass is 318 g/mol. The molecule has 0 bridgehead atoms.